The third-order valence-electron chi connectivity index (χ3n) is 6.12. The maximum absolute atomic E-state index is 12.9. The summed E-state index contributed by atoms with van der Waals surface area (Å²) < 4.78 is 5.76. The smallest absolute Gasteiger partial charge is 0.341 e. The Hall–Kier alpha value is -2.75. The summed E-state index contributed by atoms with van der Waals surface area (Å²) in [4.78, 5) is 41.6. The summed E-state index contributed by atoms with van der Waals surface area (Å²) in [5.41, 5.74) is 3.56. The molecule has 0 radical (unpaired) electrons. The average Bonchev–Trinajstić information content (AvgIpc) is 3.36. The van der Waals surface area contributed by atoms with Gasteiger partial charge in [-0.15, -0.1) is 11.3 Å². The number of hydrogen-bond acceptors (Lipinski definition) is 7. The van der Waals surface area contributed by atoms with E-state index in [1.807, 2.05) is 49.4 Å². The number of ether oxygens (including phenoxy) is 1. The molecule has 2 aliphatic rings. The van der Waals surface area contributed by atoms with Crippen LogP contribution in [0.15, 0.2) is 46.9 Å². The number of thiophene rings is 1. The topological polar surface area (TPSA) is 75.7 Å². The molecule has 37 heavy (non-hydrogen) atoms. The lowest BCUT2D eigenvalue weighted by atomic mass is 9.95. The Labute approximate surface area is 231 Å². The summed E-state index contributed by atoms with van der Waals surface area (Å²) in [6, 6.07) is 9.92. The number of nitrogens with one attached hydrogen (secondary N) is 1. The number of anilines is 1. The van der Waals surface area contributed by atoms with E-state index in [4.69, 9.17) is 17.0 Å². The molecule has 2 heterocycles. The Morgan fingerprint density at radius 1 is 1.19 bits per heavy atom. The van der Waals surface area contributed by atoms with Gasteiger partial charge in [-0.05, 0) is 68.7 Å². The number of benzene rings is 1. The quantitative estimate of drug-likeness (QED) is 0.221. The highest BCUT2D eigenvalue weighted by molar-refractivity contribution is 8.26. The predicted octanol–water partition coefficient (Wildman–Crippen LogP) is 6.37. The fraction of sp³-hybridized carbons (Fsp3) is 0.357. The average molecular weight is 555 g/mol. The summed E-state index contributed by atoms with van der Waals surface area (Å²) >= 11 is 8.20. The molecule has 6 nitrogen and oxygen atoms in total. The number of esters is 1. The number of rotatable bonds is 9. The summed E-state index contributed by atoms with van der Waals surface area (Å²) in [6.45, 7) is 4.38. The Morgan fingerprint density at radius 3 is 2.70 bits per heavy atom. The van der Waals surface area contributed by atoms with Crippen LogP contribution in [0.2, 0.25) is 0 Å². The lowest BCUT2D eigenvalue weighted by Crippen LogP contribution is -2.29. The Balaban J connectivity index is 1.34. The van der Waals surface area contributed by atoms with Gasteiger partial charge >= 0.3 is 5.97 Å². The van der Waals surface area contributed by atoms with Crippen LogP contribution < -0.4 is 5.32 Å². The number of amides is 2. The zero-order valence-corrected chi connectivity index (χ0v) is 23.5. The molecular formula is C28H30N2O4S3. The number of thiocarbonyl (C=S) groups is 1. The SMILES string of the molecule is CCOC(=O)c1c(NC(=O)CCCN2C(=O)C(=CC(C)=Cc3ccccc3)SC2=S)sc2c1CCCC2. The van der Waals surface area contributed by atoms with Crippen molar-refractivity contribution in [3.63, 3.8) is 0 Å². The summed E-state index contributed by atoms with van der Waals surface area (Å²) in [6.07, 6.45) is 8.42. The van der Waals surface area contributed by atoms with Crippen LogP contribution in [0.25, 0.3) is 6.08 Å². The van der Waals surface area contributed by atoms with E-state index in [0.29, 0.717) is 32.8 Å². The van der Waals surface area contributed by atoms with Gasteiger partial charge in [0.05, 0.1) is 17.1 Å². The van der Waals surface area contributed by atoms with Crippen molar-refractivity contribution in [3.8, 4) is 0 Å². The van der Waals surface area contributed by atoms with E-state index < -0.39 is 0 Å². The molecule has 9 heteroatoms. The lowest BCUT2D eigenvalue weighted by molar-refractivity contribution is -0.122. The zero-order valence-electron chi connectivity index (χ0n) is 21.0. The minimum Gasteiger partial charge on any atom is -0.462 e. The number of fused-ring (bicyclic) bond motifs is 1. The molecule has 1 saturated heterocycles. The van der Waals surface area contributed by atoms with E-state index >= 15 is 0 Å². The van der Waals surface area contributed by atoms with Crippen LogP contribution in [0, 0.1) is 0 Å². The Bertz CT molecular complexity index is 1260. The molecule has 0 atom stereocenters. The Morgan fingerprint density at radius 2 is 1.95 bits per heavy atom. The minimum atomic E-state index is -0.377. The van der Waals surface area contributed by atoms with Crippen molar-refractivity contribution >= 4 is 68.5 Å². The van der Waals surface area contributed by atoms with E-state index in [1.165, 1.54) is 23.1 Å². The van der Waals surface area contributed by atoms with Crippen LogP contribution in [0.3, 0.4) is 0 Å². The largest absolute Gasteiger partial charge is 0.462 e. The number of carbonyl (C=O) groups is 3. The van der Waals surface area contributed by atoms with E-state index in [0.717, 1.165) is 47.3 Å². The van der Waals surface area contributed by atoms with Gasteiger partial charge in [0.1, 0.15) is 9.32 Å². The van der Waals surface area contributed by atoms with Gasteiger partial charge in [-0.3, -0.25) is 14.5 Å². The van der Waals surface area contributed by atoms with Gasteiger partial charge in [-0.25, -0.2) is 4.79 Å². The number of carbonyl (C=O) groups excluding carboxylic acids is 3. The maximum atomic E-state index is 12.9. The van der Waals surface area contributed by atoms with Gasteiger partial charge < -0.3 is 10.1 Å². The first-order chi connectivity index (χ1) is 17.9. The molecule has 2 amide bonds. The van der Waals surface area contributed by atoms with Gasteiger partial charge in [0.25, 0.3) is 5.91 Å². The van der Waals surface area contributed by atoms with Crippen molar-refractivity contribution < 1.29 is 19.1 Å². The molecule has 2 aromatic rings. The second kappa shape index (κ2) is 12.7. The van der Waals surface area contributed by atoms with E-state index in [1.54, 1.807) is 11.8 Å². The monoisotopic (exact) mass is 554 g/mol. The summed E-state index contributed by atoms with van der Waals surface area (Å²) in [5.74, 6) is -0.698. The fourth-order valence-corrected chi connectivity index (χ4v) is 7.07. The van der Waals surface area contributed by atoms with Crippen molar-refractivity contribution in [1.29, 1.82) is 0 Å². The number of aryl methyl sites for hydroxylation is 1. The molecule has 0 spiro atoms. The molecule has 1 aliphatic heterocycles. The molecule has 1 aromatic carbocycles. The van der Waals surface area contributed by atoms with E-state index in [-0.39, 0.29) is 30.8 Å². The van der Waals surface area contributed by atoms with E-state index in [9.17, 15) is 14.4 Å². The highest BCUT2D eigenvalue weighted by Gasteiger charge is 2.32. The normalized spacial score (nSPS) is 16.8. The van der Waals surface area contributed by atoms with Crippen molar-refractivity contribution in [1.82, 2.24) is 4.90 Å². The minimum absolute atomic E-state index is 0.133. The predicted molar refractivity (Wildman–Crippen MR) is 155 cm³/mol. The number of allylic oxidation sites excluding steroid dienone is 2. The molecule has 4 rings (SSSR count). The van der Waals surface area contributed by atoms with Gasteiger partial charge in [0, 0.05) is 17.8 Å². The number of nitrogens with zero attached hydrogens (tertiary/aromatic N) is 1. The van der Waals surface area contributed by atoms with Crippen LogP contribution >= 0.6 is 35.3 Å². The molecule has 0 bridgehead atoms. The third kappa shape index (κ3) is 6.77. The summed E-state index contributed by atoms with van der Waals surface area (Å²) in [7, 11) is 0. The molecule has 1 aliphatic carbocycles. The van der Waals surface area contributed by atoms with Gasteiger partial charge in [0.15, 0.2) is 0 Å². The first-order valence-electron chi connectivity index (χ1n) is 12.5. The van der Waals surface area contributed by atoms with Crippen LogP contribution in [0.5, 0.6) is 0 Å². The van der Waals surface area contributed by atoms with Gasteiger partial charge in [-0.2, -0.15) is 0 Å². The van der Waals surface area contributed by atoms with Crippen molar-refractivity contribution in [2.45, 2.75) is 52.4 Å². The molecule has 0 saturated carbocycles. The lowest BCUT2D eigenvalue weighted by Gasteiger charge is -2.14. The molecule has 1 fully saturated rings. The van der Waals surface area contributed by atoms with Crippen LogP contribution in [-0.2, 0) is 27.2 Å². The molecule has 0 unspecified atom stereocenters. The van der Waals surface area contributed by atoms with Gasteiger partial charge in [-0.1, -0.05) is 60.4 Å². The first kappa shape index (κ1) is 27.3. The molecule has 1 aromatic heterocycles. The second-order valence-electron chi connectivity index (χ2n) is 8.92. The standard InChI is InChI=1S/C28H30N2O4S3/c1-3-34-27(33)24-20-12-7-8-13-21(20)36-25(24)29-23(31)14-9-15-30-26(32)22(37-28(30)35)17-18(2)16-19-10-5-4-6-11-19/h4-6,10-11,16-17H,3,7-9,12-15H2,1-2H3,(H,29,31). The second-order valence-corrected chi connectivity index (χ2v) is 11.7. The number of hydrogen-bond donors (Lipinski definition) is 1. The molecular weight excluding hydrogens is 525 g/mol. The van der Waals surface area contributed by atoms with Crippen LogP contribution in [0.1, 0.15) is 65.9 Å². The van der Waals surface area contributed by atoms with E-state index in [2.05, 4.69) is 5.32 Å². The maximum Gasteiger partial charge on any atom is 0.341 e. The third-order valence-corrected chi connectivity index (χ3v) is 8.70. The first-order valence-corrected chi connectivity index (χ1v) is 14.5. The van der Waals surface area contributed by atoms with Crippen LogP contribution in [0.4, 0.5) is 5.00 Å². The highest BCUT2D eigenvalue weighted by atomic mass is 32.2. The van der Waals surface area contributed by atoms with Crippen molar-refractivity contribution in [2.75, 3.05) is 18.5 Å². The number of thioether (sulfide) groups is 1. The molecule has 194 valence electrons. The van der Waals surface area contributed by atoms with Crippen molar-refractivity contribution in [2.24, 2.45) is 0 Å². The van der Waals surface area contributed by atoms with Crippen molar-refractivity contribution in [3.05, 3.63) is 68.5 Å². The Kier molecular flexibility index (Phi) is 9.34. The van der Waals surface area contributed by atoms with Gasteiger partial charge in [0.2, 0.25) is 5.91 Å². The zero-order chi connectivity index (χ0) is 26.4. The highest BCUT2D eigenvalue weighted by Crippen LogP contribution is 2.39. The fourth-order valence-electron chi connectivity index (χ4n) is 4.41. The summed E-state index contributed by atoms with van der Waals surface area (Å²) in [5, 5.41) is 3.51. The van der Waals surface area contributed by atoms with Crippen LogP contribution in [-0.4, -0.2) is 40.2 Å². The molecule has 1 N–H and O–H groups in total.